The van der Waals surface area contributed by atoms with Gasteiger partial charge in [-0.3, -0.25) is 4.79 Å². The van der Waals surface area contributed by atoms with E-state index in [1.54, 1.807) is 0 Å². The summed E-state index contributed by atoms with van der Waals surface area (Å²) in [7, 11) is 0. The molecular weight excluding hydrogens is 179 g/mol. The number of cyclic esters (lactones) is 1. The number of hydrogen-bond donors (Lipinski definition) is 1. The minimum absolute atomic E-state index is 0.674. The van der Waals surface area contributed by atoms with E-state index >= 15 is 0 Å². The van der Waals surface area contributed by atoms with Crippen LogP contribution in [0.15, 0.2) is 0 Å². The first kappa shape index (κ1) is 8.11. The second-order valence-electron chi connectivity index (χ2n) is 2.28. The minimum Gasteiger partial charge on any atom is -0.431 e. The Labute approximate surface area is 67.9 Å². The molecule has 0 amide bonds. The van der Waals surface area contributed by atoms with Crippen molar-refractivity contribution in [1.29, 1.82) is 0 Å². The average molecular weight is 185 g/mol. The minimum atomic E-state index is -1.62. The molecule has 1 aliphatic rings. The highest BCUT2D eigenvalue weighted by molar-refractivity contribution is 6.38. The first-order valence-electron chi connectivity index (χ1n) is 2.68. The van der Waals surface area contributed by atoms with Gasteiger partial charge >= 0.3 is 5.97 Å². The zero-order valence-electron chi connectivity index (χ0n) is 5.17. The van der Waals surface area contributed by atoms with Crippen LogP contribution in [0.4, 0.5) is 0 Å². The number of aliphatic hydroxyl groups is 1. The van der Waals surface area contributed by atoms with Gasteiger partial charge in [-0.2, -0.15) is 0 Å². The van der Waals surface area contributed by atoms with Crippen LogP contribution in [0.2, 0.25) is 0 Å². The molecule has 10 heavy (non-hydrogen) atoms. The normalized spacial score (nSPS) is 47.4. The summed E-state index contributed by atoms with van der Waals surface area (Å²) in [5.41, 5.74) is 0. The van der Waals surface area contributed by atoms with Crippen LogP contribution in [-0.4, -0.2) is 27.6 Å². The van der Waals surface area contributed by atoms with E-state index in [9.17, 15) is 4.79 Å². The van der Waals surface area contributed by atoms with Gasteiger partial charge in [0.15, 0.2) is 5.38 Å². The van der Waals surface area contributed by atoms with Gasteiger partial charge in [0.1, 0.15) is 5.38 Å². The van der Waals surface area contributed by atoms with Crippen molar-refractivity contribution in [1.82, 2.24) is 0 Å². The summed E-state index contributed by atoms with van der Waals surface area (Å²) in [4.78, 5) is 10.6. The Balaban J connectivity index is 2.81. The molecule has 0 aliphatic carbocycles. The summed E-state index contributed by atoms with van der Waals surface area (Å²) < 4.78 is 4.43. The fourth-order valence-corrected chi connectivity index (χ4v) is 1.13. The van der Waals surface area contributed by atoms with E-state index in [2.05, 4.69) is 4.74 Å². The Bertz CT molecular complexity index is 168. The fourth-order valence-electron chi connectivity index (χ4n) is 0.707. The smallest absolute Gasteiger partial charge is 0.328 e. The first-order valence-corrected chi connectivity index (χ1v) is 3.56. The second-order valence-corrected chi connectivity index (χ2v) is 3.22. The first-order chi connectivity index (χ1) is 4.45. The largest absolute Gasteiger partial charge is 0.431 e. The molecule has 3 nitrogen and oxygen atoms in total. The lowest BCUT2D eigenvalue weighted by molar-refractivity contribution is -0.179. The predicted octanol–water partition coefficient (Wildman–Crippen LogP) is 0.466. The third kappa shape index (κ3) is 1.09. The summed E-state index contributed by atoms with van der Waals surface area (Å²) in [5.74, 6) is -2.29. The van der Waals surface area contributed by atoms with Crippen LogP contribution < -0.4 is 0 Å². The molecule has 1 N–H and O–H groups in total. The van der Waals surface area contributed by atoms with Crippen LogP contribution in [0.25, 0.3) is 0 Å². The maximum Gasteiger partial charge on any atom is 0.328 e. The van der Waals surface area contributed by atoms with Crippen molar-refractivity contribution >= 4 is 29.2 Å². The highest BCUT2D eigenvalue weighted by Gasteiger charge is 2.50. The van der Waals surface area contributed by atoms with Gasteiger partial charge in [0.25, 0.3) is 0 Å². The number of halogens is 2. The third-order valence-corrected chi connectivity index (χ3v) is 2.52. The SMILES string of the molecule is CC1(O)OC(=O)C(Cl)C1Cl. The Hall–Kier alpha value is 0.01000. The number of hydrogen-bond acceptors (Lipinski definition) is 3. The Morgan fingerprint density at radius 1 is 1.70 bits per heavy atom. The number of alkyl halides is 2. The number of rotatable bonds is 0. The van der Waals surface area contributed by atoms with E-state index in [4.69, 9.17) is 28.3 Å². The van der Waals surface area contributed by atoms with Crippen molar-refractivity contribution in [3.05, 3.63) is 0 Å². The predicted molar refractivity (Wildman–Crippen MR) is 36.0 cm³/mol. The maximum absolute atomic E-state index is 10.6. The molecule has 0 radical (unpaired) electrons. The van der Waals surface area contributed by atoms with E-state index in [1.807, 2.05) is 0 Å². The van der Waals surface area contributed by atoms with Crippen LogP contribution in [0.5, 0.6) is 0 Å². The molecule has 1 fully saturated rings. The number of ether oxygens (including phenoxy) is 1. The zero-order chi connectivity index (χ0) is 7.94. The molecule has 5 heteroatoms. The van der Waals surface area contributed by atoms with Crippen molar-refractivity contribution in [2.24, 2.45) is 0 Å². The molecular formula is C5H6Cl2O3. The van der Waals surface area contributed by atoms with Crippen LogP contribution >= 0.6 is 23.2 Å². The molecule has 3 atom stereocenters. The van der Waals surface area contributed by atoms with Crippen LogP contribution in [0.1, 0.15) is 6.92 Å². The van der Waals surface area contributed by atoms with Gasteiger partial charge in [-0.25, -0.2) is 0 Å². The molecule has 0 aromatic heterocycles. The van der Waals surface area contributed by atoms with Gasteiger partial charge in [0.05, 0.1) is 0 Å². The molecule has 0 aromatic rings. The van der Waals surface area contributed by atoms with Crippen LogP contribution in [-0.2, 0) is 9.53 Å². The summed E-state index contributed by atoms with van der Waals surface area (Å²) in [6.07, 6.45) is 0. The van der Waals surface area contributed by atoms with Crippen molar-refractivity contribution < 1.29 is 14.6 Å². The van der Waals surface area contributed by atoms with Crippen LogP contribution in [0.3, 0.4) is 0 Å². The Morgan fingerprint density at radius 2 is 2.20 bits per heavy atom. The zero-order valence-corrected chi connectivity index (χ0v) is 6.69. The summed E-state index contributed by atoms with van der Waals surface area (Å²) >= 11 is 11.0. The molecule has 0 bridgehead atoms. The van der Waals surface area contributed by atoms with Gasteiger partial charge in [0, 0.05) is 6.92 Å². The van der Waals surface area contributed by atoms with Gasteiger partial charge in [0.2, 0.25) is 5.79 Å². The second kappa shape index (κ2) is 2.26. The summed E-state index contributed by atoms with van der Waals surface area (Å²) in [6.45, 7) is 1.30. The van der Waals surface area contributed by atoms with E-state index < -0.39 is 22.5 Å². The third-order valence-electron chi connectivity index (χ3n) is 1.30. The van der Waals surface area contributed by atoms with Gasteiger partial charge in [-0.1, -0.05) is 0 Å². The summed E-state index contributed by atoms with van der Waals surface area (Å²) in [6, 6.07) is 0. The fraction of sp³-hybridized carbons (Fsp3) is 0.800. The van der Waals surface area contributed by atoms with Crippen molar-refractivity contribution in [3.63, 3.8) is 0 Å². The lowest BCUT2D eigenvalue weighted by Crippen LogP contribution is -2.34. The number of esters is 1. The molecule has 1 heterocycles. The molecule has 1 saturated heterocycles. The Kier molecular flexibility index (Phi) is 1.83. The molecule has 1 rings (SSSR count). The van der Waals surface area contributed by atoms with E-state index in [-0.39, 0.29) is 0 Å². The van der Waals surface area contributed by atoms with E-state index in [0.29, 0.717) is 0 Å². The summed E-state index contributed by atoms with van der Waals surface area (Å²) in [5, 5.41) is 7.32. The van der Waals surface area contributed by atoms with Gasteiger partial charge in [-0.15, -0.1) is 23.2 Å². The molecule has 0 saturated carbocycles. The standard InChI is InChI=1S/C5H6Cl2O3/c1-5(9)3(7)2(6)4(8)10-5/h2-3,9H,1H3. The average Bonchev–Trinajstić information content (AvgIpc) is 1.95. The van der Waals surface area contributed by atoms with Crippen molar-refractivity contribution in [3.8, 4) is 0 Å². The molecule has 58 valence electrons. The lowest BCUT2D eigenvalue weighted by atomic mass is 10.2. The highest BCUT2D eigenvalue weighted by Crippen LogP contribution is 2.32. The number of carbonyl (C=O) groups is 1. The Morgan fingerprint density at radius 3 is 2.30 bits per heavy atom. The monoisotopic (exact) mass is 184 g/mol. The quantitative estimate of drug-likeness (QED) is 0.440. The van der Waals surface area contributed by atoms with E-state index in [1.165, 1.54) is 6.92 Å². The molecule has 0 spiro atoms. The van der Waals surface area contributed by atoms with Crippen molar-refractivity contribution in [2.45, 2.75) is 23.5 Å². The van der Waals surface area contributed by atoms with Crippen LogP contribution in [0, 0.1) is 0 Å². The molecule has 3 unspecified atom stereocenters. The maximum atomic E-state index is 10.6. The lowest BCUT2D eigenvalue weighted by Gasteiger charge is -2.17. The molecule has 0 aromatic carbocycles. The topological polar surface area (TPSA) is 46.5 Å². The number of carbonyl (C=O) groups excluding carboxylic acids is 1. The van der Waals surface area contributed by atoms with Gasteiger partial charge in [-0.05, 0) is 0 Å². The van der Waals surface area contributed by atoms with Crippen molar-refractivity contribution in [2.75, 3.05) is 0 Å². The highest BCUT2D eigenvalue weighted by atomic mass is 35.5. The van der Waals surface area contributed by atoms with E-state index in [0.717, 1.165) is 0 Å². The molecule has 1 aliphatic heterocycles. The van der Waals surface area contributed by atoms with Gasteiger partial charge < -0.3 is 9.84 Å².